The van der Waals surface area contributed by atoms with Gasteiger partial charge in [-0.1, -0.05) is 6.92 Å². The third kappa shape index (κ3) is 4.28. The minimum atomic E-state index is 0.201. The molecule has 0 spiro atoms. The van der Waals surface area contributed by atoms with E-state index >= 15 is 0 Å². The smallest absolute Gasteiger partial charge is 0.203 e. The molecule has 0 aliphatic carbocycles. The van der Waals surface area contributed by atoms with E-state index in [1.807, 2.05) is 25.5 Å². The second-order valence-corrected chi connectivity index (χ2v) is 5.98. The van der Waals surface area contributed by atoms with E-state index in [-0.39, 0.29) is 6.04 Å². The largest absolute Gasteiger partial charge is 0.382 e. The molecule has 0 radical (unpaired) electrons. The summed E-state index contributed by atoms with van der Waals surface area (Å²) >= 11 is 1.78. The molecule has 2 aromatic rings. The molecule has 0 bridgehead atoms. The summed E-state index contributed by atoms with van der Waals surface area (Å²) in [6.07, 6.45) is 7.82. The van der Waals surface area contributed by atoms with E-state index in [0.29, 0.717) is 0 Å². The van der Waals surface area contributed by atoms with Crippen LogP contribution in [0.25, 0.3) is 0 Å². The van der Waals surface area contributed by atoms with Crippen LogP contribution in [-0.2, 0) is 11.2 Å². The number of aromatic nitrogens is 3. The van der Waals surface area contributed by atoms with Crippen molar-refractivity contribution < 1.29 is 4.74 Å². The predicted octanol–water partition coefficient (Wildman–Crippen LogP) is 3.35. The average Bonchev–Trinajstić information content (AvgIpc) is 3.15. The van der Waals surface area contributed by atoms with Gasteiger partial charge in [0.25, 0.3) is 0 Å². The van der Waals surface area contributed by atoms with Gasteiger partial charge in [0.05, 0.1) is 6.04 Å². The molecule has 21 heavy (non-hydrogen) atoms. The van der Waals surface area contributed by atoms with Crippen LogP contribution in [0.1, 0.15) is 43.1 Å². The Balaban J connectivity index is 1.95. The summed E-state index contributed by atoms with van der Waals surface area (Å²) in [6.45, 7) is 8.75. The zero-order valence-electron chi connectivity index (χ0n) is 13.0. The van der Waals surface area contributed by atoms with Gasteiger partial charge in [0.2, 0.25) is 5.95 Å². The Morgan fingerprint density at radius 2 is 2.24 bits per heavy atom. The quantitative estimate of drug-likeness (QED) is 0.722. The summed E-state index contributed by atoms with van der Waals surface area (Å²) < 4.78 is 7.48. The number of hydrogen-bond acceptors (Lipinski definition) is 5. The molecule has 0 aliphatic heterocycles. The zero-order chi connectivity index (χ0) is 15.1. The zero-order valence-corrected chi connectivity index (χ0v) is 13.8. The first-order chi connectivity index (χ1) is 10.3. The molecule has 0 amide bonds. The van der Waals surface area contributed by atoms with Gasteiger partial charge in [0.15, 0.2) is 0 Å². The Labute approximate surface area is 130 Å². The molecule has 5 nitrogen and oxygen atoms in total. The number of nitrogens with zero attached hydrogens (tertiary/aromatic N) is 3. The molecule has 2 aromatic heterocycles. The third-order valence-electron chi connectivity index (χ3n) is 3.32. The highest BCUT2D eigenvalue weighted by molar-refractivity contribution is 7.11. The van der Waals surface area contributed by atoms with Crippen LogP contribution < -0.4 is 5.32 Å². The van der Waals surface area contributed by atoms with Gasteiger partial charge in [-0.15, -0.1) is 11.3 Å². The van der Waals surface area contributed by atoms with Crippen LogP contribution in [0.2, 0.25) is 0 Å². The lowest BCUT2D eigenvalue weighted by atomic mass is 10.3. The lowest BCUT2D eigenvalue weighted by molar-refractivity contribution is 0.147. The maximum atomic E-state index is 5.34. The van der Waals surface area contributed by atoms with Crippen molar-refractivity contribution in [3.63, 3.8) is 0 Å². The van der Waals surface area contributed by atoms with E-state index in [9.17, 15) is 0 Å². The number of thiazole rings is 1. The SMILES string of the molecule is CCOCCCNc1nccn1C(C)c1ncc(CC)s1. The summed E-state index contributed by atoms with van der Waals surface area (Å²) in [4.78, 5) is 10.2. The molecule has 6 heteroatoms. The number of hydrogen-bond donors (Lipinski definition) is 1. The van der Waals surface area contributed by atoms with Crippen molar-refractivity contribution in [2.45, 2.75) is 39.7 Å². The van der Waals surface area contributed by atoms with Crippen LogP contribution in [0.5, 0.6) is 0 Å². The summed E-state index contributed by atoms with van der Waals surface area (Å²) in [6, 6.07) is 0.201. The summed E-state index contributed by atoms with van der Waals surface area (Å²) in [7, 11) is 0. The number of rotatable bonds is 9. The molecule has 0 saturated heterocycles. The van der Waals surface area contributed by atoms with Crippen LogP contribution in [0.3, 0.4) is 0 Å². The van der Waals surface area contributed by atoms with E-state index in [1.165, 1.54) is 4.88 Å². The first kappa shape index (κ1) is 16.0. The normalized spacial score (nSPS) is 12.5. The number of ether oxygens (including phenoxy) is 1. The van der Waals surface area contributed by atoms with E-state index in [4.69, 9.17) is 4.74 Å². The predicted molar refractivity (Wildman–Crippen MR) is 87.1 cm³/mol. The van der Waals surface area contributed by atoms with Gasteiger partial charge < -0.3 is 14.6 Å². The van der Waals surface area contributed by atoms with Crippen molar-refractivity contribution in [3.8, 4) is 0 Å². The van der Waals surface area contributed by atoms with Gasteiger partial charge in [-0.05, 0) is 26.7 Å². The summed E-state index contributed by atoms with van der Waals surface area (Å²) in [5.41, 5.74) is 0. The van der Waals surface area contributed by atoms with Gasteiger partial charge in [0, 0.05) is 43.2 Å². The standard InChI is InChI=1S/C15H24N4OS/c1-4-13-11-18-14(21-13)12(3)19-9-8-17-15(19)16-7-6-10-20-5-2/h8-9,11-12H,4-7,10H2,1-3H3,(H,16,17). The minimum Gasteiger partial charge on any atom is -0.382 e. The van der Waals surface area contributed by atoms with Crippen LogP contribution in [-0.4, -0.2) is 34.3 Å². The van der Waals surface area contributed by atoms with Gasteiger partial charge in [-0.2, -0.15) is 0 Å². The first-order valence-electron chi connectivity index (χ1n) is 7.55. The third-order valence-corrected chi connectivity index (χ3v) is 4.63. The number of aryl methyl sites for hydroxylation is 1. The Morgan fingerprint density at radius 1 is 1.38 bits per heavy atom. The molecule has 1 N–H and O–H groups in total. The second kappa shape index (κ2) is 8.14. The number of anilines is 1. The molecule has 0 aliphatic rings. The maximum absolute atomic E-state index is 5.34. The number of imidazole rings is 1. The Morgan fingerprint density at radius 3 is 2.95 bits per heavy atom. The fraction of sp³-hybridized carbons (Fsp3) is 0.600. The van der Waals surface area contributed by atoms with Gasteiger partial charge in [0.1, 0.15) is 5.01 Å². The molecular formula is C15H24N4OS. The number of nitrogens with one attached hydrogen (secondary N) is 1. The van der Waals surface area contributed by atoms with E-state index in [1.54, 1.807) is 11.3 Å². The van der Waals surface area contributed by atoms with Crippen LogP contribution >= 0.6 is 11.3 Å². The molecule has 0 saturated carbocycles. The van der Waals surface area contributed by atoms with Gasteiger partial charge in [-0.25, -0.2) is 9.97 Å². The van der Waals surface area contributed by atoms with Crippen LogP contribution in [0, 0.1) is 0 Å². The molecule has 2 rings (SSSR count). The van der Waals surface area contributed by atoms with Crippen molar-refractivity contribution in [2.75, 3.05) is 25.1 Å². The molecule has 0 fully saturated rings. The Hall–Kier alpha value is -1.40. The monoisotopic (exact) mass is 308 g/mol. The molecule has 1 unspecified atom stereocenters. The molecule has 1 atom stereocenters. The molecule has 2 heterocycles. The van der Waals surface area contributed by atoms with E-state index in [0.717, 1.165) is 43.6 Å². The van der Waals surface area contributed by atoms with Crippen LogP contribution in [0.15, 0.2) is 18.6 Å². The maximum Gasteiger partial charge on any atom is 0.203 e. The Kier molecular flexibility index (Phi) is 6.20. The topological polar surface area (TPSA) is 52.0 Å². The average molecular weight is 308 g/mol. The lowest BCUT2D eigenvalue weighted by Gasteiger charge is -2.15. The highest BCUT2D eigenvalue weighted by Gasteiger charge is 2.15. The van der Waals surface area contributed by atoms with E-state index in [2.05, 4.69) is 33.7 Å². The fourth-order valence-electron chi connectivity index (χ4n) is 2.08. The lowest BCUT2D eigenvalue weighted by Crippen LogP contribution is -2.13. The van der Waals surface area contributed by atoms with Crippen LogP contribution in [0.4, 0.5) is 5.95 Å². The van der Waals surface area contributed by atoms with E-state index < -0.39 is 0 Å². The van der Waals surface area contributed by atoms with Crippen molar-refractivity contribution in [3.05, 3.63) is 28.5 Å². The molecule has 116 valence electrons. The summed E-state index contributed by atoms with van der Waals surface area (Å²) in [5.74, 6) is 0.896. The molecular weight excluding hydrogens is 284 g/mol. The van der Waals surface area contributed by atoms with Gasteiger partial charge in [-0.3, -0.25) is 0 Å². The van der Waals surface area contributed by atoms with Crippen molar-refractivity contribution in [2.24, 2.45) is 0 Å². The van der Waals surface area contributed by atoms with Crippen molar-refractivity contribution >= 4 is 17.3 Å². The van der Waals surface area contributed by atoms with Crippen molar-refractivity contribution in [1.82, 2.24) is 14.5 Å². The second-order valence-electron chi connectivity index (χ2n) is 4.83. The van der Waals surface area contributed by atoms with Gasteiger partial charge >= 0.3 is 0 Å². The summed E-state index contributed by atoms with van der Waals surface area (Å²) in [5, 5.41) is 4.50. The highest BCUT2D eigenvalue weighted by atomic mass is 32.1. The van der Waals surface area contributed by atoms with Crippen molar-refractivity contribution in [1.29, 1.82) is 0 Å². The highest BCUT2D eigenvalue weighted by Crippen LogP contribution is 2.25. The fourth-order valence-corrected chi connectivity index (χ4v) is 2.99. The molecule has 0 aromatic carbocycles. The Bertz CT molecular complexity index is 537. The minimum absolute atomic E-state index is 0.201. The first-order valence-corrected chi connectivity index (χ1v) is 8.37.